The third-order valence-electron chi connectivity index (χ3n) is 4.48. The van der Waals surface area contributed by atoms with Crippen LogP contribution in [0.4, 0.5) is 0 Å². The van der Waals surface area contributed by atoms with Crippen LogP contribution in [0.1, 0.15) is 56.6 Å². The highest BCUT2D eigenvalue weighted by atomic mass is 16.5. The summed E-state index contributed by atoms with van der Waals surface area (Å²) in [6.45, 7) is 3.60. The lowest BCUT2D eigenvalue weighted by atomic mass is 10.1. The molecule has 0 radical (unpaired) electrons. The standard InChI is InChI=1S/C19H27NO3/c1-14-9-7-8-10-16(14)13-18(21)23-15(2)19(22)20-17-11-5-3-4-6-12-17/h7-10,15,17H,3-6,11-13H2,1-2H3,(H,20,22)/t15-/m0/s1. The van der Waals surface area contributed by atoms with Crippen molar-refractivity contribution in [2.75, 3.05) is 0 Å². The first kappa shape index (κ1) is 17.5. The van der Waals surface area contributed by atoms with E-state index in [0.29, 0.717) is 0 Å². The number of hydrogen-bond donors (Lipinski definition) is 1. The van der Waals surface area contributed by atoms with Crippen molar-refractivity contribution < 1.29 is 14.3 Å². The molecule has 1 saturated carbocycles. The van der Waals surface area contributed by atoms with E-state index in [4.69, 9.17) is 4.74 Å². The number of ether oxygens (including phenoxy) is 1. The molecule has 1 aliphatic rings. The average molecular weight is 317 g/mol. The summed E-state index contributed by atoms with van der Waals surface area (Å²) in [5, 5.41) is 3.02. The zero-order chi connectivity index (χ0) is 16.7. The van der Waals surface area contributed by atoms with Crippen molar-refractivity contribution in [2.24, 2.45) is 0 Å². The lowest BCUT2D eigenvalue weighted by molar-refractivity contribution is -0.154. The Bertz CT molecular complexity index is 533. The molecule has 4 heteroatoms. The lowest BCUT2D eigenvalue weighted by Gasteiger charge is -2.19. The van der Waals surface area contributed by atoms with Crippen LogP contribution in [0.2, 0.25) is 0 Å². The zero-order valence-corrected chi connectivity index (χ0v) is 14.1. The van der Waals surface area contributed by atoms with E-state index in [1.165, 1.54) is 12.8 Å². The molecule has 0 spiro atoms. The minimum Gasteiger partial charge on any atom is -0.452 e. The molecule has 0 saturated heterocycles. The third-order valence-corrected chi connectivity index (χ3v) is 4.48. The Hall–Kier alpha value is -1.84. The number of amides is 1. The van der Waals surface area contributed by atoms with Crippen molar-refractivity contribution in [3.05, 3.63) is 35.4 Å². The second-order valence-corrected chi connectivity index (χ2v) is 6.43. The Kier molecular flexibility index (Phi) is 6.63. The fourth-order valence-electron chi connectivity index (χ4n) is 3.00. The van der Waals surface area contributed by atoms with E-state index in [1.807, 2.05) is 31.2 Å². The fourth-order valence-corrected chi connectivity index (χ4v) is 3.00. The normalized spacial score (nSPS) is 17.1. The molecule has 0 bridgehead atoms. The second kappa shape index (κ2) is 8.70. The summed E-state index contributed by atoms with van der Waals surface area (Å²) >= 11 is 0. The molecular formula is C19H27NO3. The first-order valence-corrected chi connectivity index (χ1v) is 8.60. The van der Waals surface area contributed by atoms with Gasteiger partial charge in [0.2, 0.25) is 0 Å². The van der Waals surface area contributed by atoms with Gasteiger partial charge < -0.3 is 10.1 Å². The molecule has 1 aliphatic carbocycles. The summed E-state index contributed by atoms with van der Waals surface area (Å²) in [5.41, 5.74) is 1.99. The van der Waals surface area contributed by atoms with Gasteiger partial charge in [0, 0.05) is 6.04 Å². The van der Waals surface area contributed by atoms with E-state index in [1.54, 1.807) is 6.92 Å². The van der Waals surface area contributed by atoms with Gasteiger partial charge in [0.25, 0.3) is 5.91 Å². The van der Waals surface area contributed by atoms with E-state index < -0.39 is 6.10 Å². The van der Waals surface area contributed by atoms with Crippen LogP contribution in [0.15, 0.2) is 24.3 Å². The molecule has 23 heavy (non-hydrogen) atoms. The molecule has 1 amide bonds. The van der Waals surface area contributed by atoms with E-state index in [2.05, 4.69) is 5.32 Å². The Morgan fingerprint density at radius 1 is 1.17 bits per heavy atom. The Labute approximate surface area is 138 Å². The summed E-state index contributed by atoms with van der Waals surface area (Å²) in [6, 6.07) is 7.94. The van der Waals surface area contributed by atoms with E-state index in [0.717, 1.165) is 36.8 Å². The number of esters is 1. The number of benzene rings is 1. The van der Waals surface area contributed by atoms with Gasteiger partial charge in [-0.3, -0.25) is 9.59 Å². The molecule has 1 N–H and O–H groups in total. The average Bonchev–Trinajstić information content (AvgIpc) is 2.78. The molecule has 0 aliphatic heterocycles. The largest absolute Gasteiger partial charge is 0.452 e. The van der Waals surface area contributed by atoms with Crippen molar-refractivity contribution >= 4 is 11.9 Å². The zero-order valence-electron chi connectivity index (χ0n) is 14.1. The molecule has 0 heterocycles. The van der Waals surface area contributed by atoms with E-state index in [9.17, 15) is 9.59 Å². The van der Waals surface area contributed by atoms with Crippen LogP contribution in [0, 0.1) is 6.92 Å². The topological polar surface area (TPSA) is 55.4 Å². The molecule has 4 nitrogen and oxygen atoms in total. The lowest BCUT2D eigenvalue weighted by Crippen LogP contribution is -2.42. The SMILES string of the molecule is Cc1ccccc1CC(=O)O[C@@H](C)C(=O)NC1CCCCCC1. The minimum atomic E-state index is -0.741. The maximum absolute atomic E-state index is 12.2. The maximum atomic E-state index is 12.2. The number of carbonyl (C=O) groups excluding carboxylic acids is 2. The smallest absolute Gasteiger partial charge is 0.311 e. The van der Waals surface area contributed by atoms with E-state index >= 15 is 0 Å². The van der Waals surface area contributed by atoms with Crippen LogP contribution < -0.4 is 5.32 Å². The Morgan fingerprint density at radius 2 is 1.83 bits per heavy atom. The van der Waals surface area contributed by atoms with Crippen LogP contribution in [0.5, 0.6) is 0 Å². The molecule has 126 valence electrons. The van der Waals surface area contributed by atoms with Gasteiger partial charge in [0.1, 0.15) is 0 Å². The van der Waals surface area contributed by atoms with Crippen molar-refractivity contribution in [1.82, 2.24) is 5.32 Å². The monoisotopic (exact) mass is 317 g/mol. The molecule has 1 fully saturated rings. The van der Waals surface area contributed by atoms with Gasteiger partial charge in [-0.05, 0) is 37.8 Å². The highest BCUT2D eigenvalue weighted by Gasteiger charge is 2.22. The van der Waals surface area contributed by atoms with Crippen LogP contribution in [-0.4, -0.2) is 24.0 Å². The minimum absolute atomic E-state index is 0.185. The molecule has 1 aromatic rings. The second-order valence-electron chi connectivity index (χ2n) is 6.43. The van der Waals surface area contributed by atoms with Gasteiger partial charge in [-0.2, -0.15) is 0 Å². The van der Waals surface area contributed by atoms with Crippen molar-refractivity contribution in [2.45, 2.75) is 70.9 Å². The first-order chi connectivity index (χ1) is 11.1. The molecule has 1 atom stereocenters. The van der Waals surface area contributed by atoms with E-state index in [-0.39, 0.29) is 24.3 Å². The predicted octanol–water partition coefficient (Wildman–Crippen LogP) is 3.31. The summed E-state index contributed by atoms with van der Waals surface area (Å²) in [4.78, 5) is 24.2. The summed E-state index contributed by atoms with van der Waals surface area (Å²) in [6.07, 6.45) is 6.31. The molecule has 1 aromatic carbocycles. The highest BCUT2D eigenvalue weighted by molar-refractivity contribution is 5.84. The highest BCUT2D eigenvalue weighted by Crippen LogP contribution is 2.17. The number of carbonyl (C=O) groups is 2. The van der Waals surface area contributed by atoms with Gasteiger partial charge in [0.05, 0.1) is 6.42 Å². The van der Waals surface area contributed by atoms with Gasteiger partial charge >= 0.3 is 5.97 Å². The summed E-state index contributed by atoms with van der Waals surface area (Å²) in [7, 11) is 0. The van der Waals surface area contributed by atoms with Crippen LogP contribution in [0.3, 0.4) is 0 Å². The number of rotatable bonds is 5. The molecule has 2 rings (SSSR count). The predicted molar refractivity (Wildman–Crippen MR) is 90.1 cm³/mol. The quantitative estimate of drug-likeness (QED) is 0.669. The molecule has 0 unspecified atom stereocenters. The van der Waals surface area contributed by atoms with Crippen LogP contribution >= 0.6 is 0 Å². The number of aryl methyl sites for hydroxylation is 1. The van der Waals surface area contributed by atoms with Gasteiger partial charge in [-0.25, -0.2) is 0 Å². The van der Waals surface area contributed by atoms with Gasteiger partial charge in [-0.1, -0.05) is 49.9 Å². The number of hydrogen-bond acceptors (Lipinski definition) is 3. The molecular weight excluding hydrogens is 290 g/mol. The summed E-state index contributed by atoms with van der Waals surface area (Å²) in [5.74, 6) is -0.544. The third kappa shape index (κ3) is 5.70. The molecule has 0 aromatic heterocycles. The maximum Gasteiger partial charge on any atom is 0.311 e. The van der Waals surface area contributed by atoms with Crippen molar-refractivity contribution in [3.8, 4) is 0 Å². The van der Waals surface area contributed by atoms with Gasteiger partial charge in [-0.15, -0.1) is 0 Å². The first-order valence-electron chi connectivity index (χ1n) is 8.60. The Balaban J connectivity index is 1.80. The van der Waals surface area contributed by atoms with Gasteiger partial charge in [0.15, 0.2) is 6.10 Å². The van der Waals surface area contributed by atoms with Crippen molar-refractivity contribution in [1.29, 1.82) is 0 Å². The van der Waals surface area contributed by atoms with Crippen LogP contribution in [0.25, 0.3) is 0 Å². The Morgan fingerprint density at radius 3 is 2.48 bits per heavy atom. The van der Waals surface area contributed by atoms with Crippen LogP contribution in [-0.2, 0) is 20.7 Å². The van der Waals surface area contributed by atoms with Crippen molar-refractivity contribution in [3.63, 3.8) is 0 Å². The number of nitrogens with one attached hydrogen (secondary N) is 1. The summed E-state index contributed by atoms with van der Waals surface area (Å²) < 4.78 is 5.29. The fraction of sp³-hybridized carbons (Fsp3) is 0.579.